The second-order valence-corrected chi connectivity index (χ2v) is 3.45. The number of nitro benzene ring substituents is 1. The molecule has 0 saturated carbocycles. The van der Waals surface area contributed by atoms with Crippen molar-refractivity contribution < 1.29 is 28.3 Å². The molecule has 1 aromatic rings. The quantitative estimate of drug-likeness (QED) is 0.647. The van der Waals surface area contributed by atoms with Gasteiger partial charge in [0.15, 0.2) is 0 Å². The Morgan fingerprint density at radius 1 is 1.56 bits per heavy atom. The Labute approximate surface area is 99.9 Å². The third-order valence-electron chi connectivity index (χ3n) is 2.13. The number of alkyl halides is 2. The molecule has 98 valence electrons. The maximum Gasteiger partial charge on any atom is 0.387 e. The molecule has 0 bridgehead atoms. The summed E-state index contributed by atoms with van der Waals surface area (Å²) < 4.78 is 28.4. The molecular formula is C10H9F2NO5. The molecule has 1 rings (SSSR count). The van der Waals surface area contributed by atoms with Crippen molar-refractivity contribution in [2.75, 3.05) is 0 Å². The second kappa shape index (κ2) is 5.39. The summed E-state index contributed by atoms with van der Waals surface area (Å²) in [5.41, 5.74) is -0.391. The summed E-state index contributed by atoms with van der Waals surface area (Å²) in [6, 6.07) is 1.96. The summed E-state index contributed by atoms with van der Waals surface area (Å²) in [6.45, 7) is -1.78. The predicted molar refractivity (Wildman–Crippen MR) is 55.8 cm³/mol. The molecular weight excluding hydrogens is 252 g/mol. The Balaban J connectivity index is 3.27. The van der Waals surface area contributed by atoms with E-state index >= 15 is 0 Å². The van der Waals surface area contributed by atoms with Crippen LogP contribution in [0.1, 0.15) is 11.1 Å². The Bertz CT molecular complexity index is 489. The van der Waals surface area contributed by atoms with Gasteiger partial charge >= 0.3 is 12.6 Å². The minimum Gasteiger partial charge on any atom is -0.481 e. The number of hydrogen-bond acceptors (Lipinski definition) is 4. The van der Waals surface area contributed by atoms with Gasteiger partial charge in [-0.05, 0) is 13.0 Å². The van der Waals surface area contributed by atoms with E-state index in [1.165, 1.54) is 6.92 Å². The van der Waals surface area contributed by atoms with E-state index in [0.717, 1.165) is 12.1 Å². The summed E-state index contributed by atoms with van der Waals surface area (Å²) in [4.78, 5) is 20.5. The number of aliphatic carboxylic acids is 1. The number of carboxylic acids is 1. The van der Waals surface area contributed by atoms with Crippen molar-refractivity contribution in [3.8, 4) is 5.75 Å². The number of hydrogen-bond donors (Lipinski definition) is 1. The van der Waals surface area contributed by atoms with E-state index < -0.39 is 23.9 Å². The lowest BCUT2D eigenvalue weighted by Gasteiger charge is -2.10. The van der Waals surface area contributed by atoms with Crippen LogP contribution in [0.25, 0.3) is 0 Å². The standard InChI is InChI=1S/C10H9F2NO5/c1-5-2-8(18-10(11)12)6(4-9(14)15)3-7(5)13(16)17/h2-3,10H,4H2,1H3,(H,14,15). The van der Waals surface area contributed by atoms with E-state index in [1.807, 2.05) is 0 Å². The Morgan fingerprint density at radius 3 is 2.61 bits per heavy atom. The monoisotopic (exact) mass is 261 g/mol. The van der Waals surface area contributed by atoms with E-state index in [1.54, 1.807) is 0 Å². The fourth-order valence-electron chi connectivity index (χ4n) is 1.42. The summed E-state index contributed by atoms with van der Waals surface area (Å²) in [6.07, 6.45) is -0.636. The fourth-order valence-corrected chi connectivity index (χ4v) is 1.42. The topological polar surface area (TPSA) is 89.7 Å². The van der Waals surface area contributed by atoms with Gasteiger partial charge < -0.3 is 9.84 Å². The number of nitrogens with zero attached hydrogens (tertiary/aromatic N) is 1. The van der Waals surface area contributed by atoms with Gasteiger partial charge in [0.1, 0.15) is 5.75 Å². The first-order valence-electron chi connectivity index (χ1n) is 4.75. The molecule has 1 N–H and O–H groups in total. The molecule has 0 spiro atoms. The molecule has 0 amide bonds. The second-order valence-electron chi connectivity index (χ2n) is 3.45. The third kappa shape index (κ3) is 3.37. The Kier molecular flexibility index (Phi) is 4.13. The maximum atomic E-state index is 12.1. The summed E-state index contributed by atoms with van der Waals surface area (Å²) in [5, 5.41) is 19.3. The molecule has 0 fully saturated rings. The van der Waals surface area contributed by atoms with Crippen LogP contribution in [0.5, 0.6) is 5.75 Å². The van der Waals surface area contributed by atoms with E-state index in [9.17, 15) is 23.7 Å². The number of rotatable bonds is 5. The molecule has 0 aromatic heterocycles. The number of carbonyl (C=O) groups is 1. The predicted octanol–water partition coefficient (Wildman–Crippen LogP) is 2.13. The van der Waals surface area contributed by atoms with Gasteiger partial charge in [-0.3, -0.25) is 14.9 Å². The molecule has 0 saturated heterocycles. The first kappa shape index (κ1) is 13.8. The highest BCUT2D eigenvalue weighted by Gasteiger charge is 2.19. The molecule has 8 heteroatoms. The number of nitro groups is 1. The highest BCUT2D eigenvalue weighted by atomic mass is 19.3. The smallest absolute Gasteiger partial charge is 0.387 e. The Hall–Kier alpha value is -2.25. The molecule has 0 unspecified atom stereocenters. The van der Waals surface area contributed by atoms with Crippen molar-refractivity contribution in [1.29, 1.82) is 0 Å². The van der Waals surface area contributed by atoms with Crippen LogP contribution in [0.2, 0.25) is 0 Å². The van der Waals surface area contributed by atoms with Crippen molar-refractivity contribution in [2.24, 2.45) is 0 Å². The minimum absolute atomic E-state index is 0.116. The first-order valence-corrected chi connectivity index (χ1v) is 4.75. The molecule has 18 heavy (non-hydrogen) atoms. The molecule has 6 nitrogen and oxygen atoms in total. The van der Waals surface area contributed by atoms with Crippen molar-refractivity contribution in [2.45, 2.75) is 20.0 Å². The number of carboxylic acid groups (broad SMARTS) is 1. The summed E-state index contributed by atoms with van der Waals surface area (Å²) >= 11 is 0. The Morgan fingerprint density at radius 2 is 2.17 bits per heavy atom. The van der Waals surface area contributed by atoms with Crippen LogP contribution < -0.4 is 4.74 Å². The van der Waals surface area contributed by atoms with Crippen LogP contribution >= 0.6 is 0 Å². The van der Waals surface area contributed by atoms with Crippen molar-refractivity contribution in [1.82, 2.24) is 0 Å². The van der Waals surface area contributed by atoms with Gasteiger partial charge in [-0.2, -0.15) is 8.78 Å². The van der Waals surface area contributed by atoms with E-state index in [4.69, 9.17) is 5.11 Å². The van der Waals surface area contributed by atoms with Crippen molar-refractivity contribution in [3.05, 3.63) is 33.4 Å². The summed E-state index contributed by atoms with van der Waals surface area (Å²) in [7, 11) is 0. The zero-order chi connectivity index (χ0) is 13.9. The molecule has 0 heterocycles. The van der Waals surface area contributed by atoms with Crippen molar-refractivity contribution in [3.63, 3.8) is 0 Å². The number of halogens is 2. The lowest BCUT2D eigenvalue weighted by molar-refractivity contribution is -0.385. The number of aryl methyl sites for hydroxylation is 1. The van der Waals surface area contributed by atoms with E-state index in [2.05, 4.69) is 4.74 Å². The van der Waals surface area contributed by atoms with Crippen LogP contribution in [0.4, 0.5) is 14.5 Å². The third-order valence-corrected chi connectivity index (χ3v) is 2.13. The lowest BCUT2D eigenvalue weighted by Crippen LogP contribution is -2.09. The number of benzene rings is 1. The van der Waals surface area contributed by atoms with Gasteiger partial charge in [0.25, 0.3) is 5.69 Å². The molecule has 0 radical (unpaired) electrons. The largest absolute Gasteiger partial charge is 0.481 e. The first-order chi connectivity index (χ1) is 8.31. The molecule has 0 aliphatic heterocycles. The van der Waals surface area contributed by atoms with Gasteiger partial charge in [0.05, 0.1) is 11.3 Å². The zero-order valence-electron chi connectivity index (χ0n) is 9.22. The van der Waals surface area contributed by atoms with Gasteiger partial charge in [0.2, 0.25) is 0 Å². The van der Waals surface area contributed by atoms with Gasteiger partial charge in [0, 0.05) is 17.2 Å². The molecule has 0 aliphatic rings. The van der Waals surface area contributed by atoms with Crippen LogP contribution in [-0.4, -0.2) is 22.6 Å². The minimum atomic E-state index is -3.13. The molecule has 1 aromatic carbocycles. The highest BCUT2D eigenvalue weighted by Crippen LogP contribution is 2.29. The highest BCUT2D eigenvalue weighted by molar-refractivity contribution is 5.72. The van der Waals surface area contributed by atoms with E-state index in [-0.39, 0.29) is 22.6 Å². The van der Waals surface area contributed by atoms with Crippen LogP contribution in [-0.2, 0) is 11.2 Å². The average Bonchev–Trinajstić information content (AvgIpc) is 2.19. The van der Waals surface area contributed by atoms with E-state index in [0.29, 0.717) is 0 Å². The molecule has 0 aliphatic carbocycles. The normalized spacial score (nSPS) is 10.4. The maximum absolute atomic E-state index is 12.1. The zero-order valence-corrected chi connectivity index (χ0v) is 9.22. The molecule has 0 atom stereocenters. The van der Waals surface area contributed by atoms with Crippen LogP contribution in [0.15, 0.2) is 12.1 Å². The average molecular weight is 261 g/mol. The van der Waals surface area contributed by atoms with Gasteiger partial charge in [-0.25, -0.2) is 0 Å². The van der Waals surface area contributed by atoms with Crippen LogP contribution in [0.3, 0.4) is 0 Å². The van der Waals surface area contributed by atoms with Gasteiger partial charge in [-0.15, -0.1) is 0 Å². The number of ether oxygens (including phenoxy) is 1. The van der Waals surface area contributed by atoms with Crippen molar-refractivity contribution >= 4 is 11.7 Å². The SMILES string of the molecule is Cc1cc(OC(F)F)c(CC(=O)O)cc1[N+](=O)[O-]. The van der Waals surface area contributed by atoms with Crippen LogP contribution in [0, 0.1) is 17.0 Å². The van der Waals surface area contributed by atoms with Gasteiger partial charge in [-0.1, -0.05) is 0 Å². The lowest BCUT2D eigenvalue weighted by atomic mass is 10.1. The fraction of sp³-hybridized carbons (Fsp3) is 0.300. The summed E-state index contributed by atoms with van der Waals surface area (Å²) in [5.74, 6) is -1.66.